The molecule has 3 heteroatoms. The van der Waals surface area contributed by atoms with E-state index in [1.165, 1.54) is 37.9 Å². The molecule has 0 bridgehead atoms. The fourth-order valence-corrected chi connectivity index (χ4v) is 2.90. The molecule has 0 amide bonds. The van der Waals surface area contributed by atoms with Gasteiger partial charge in [-0.1, -0.05) is 0 Å². The first-order chi connectivity index (χ1) is 9.16. The maximum Gasteiger partial charge on any atom is 0.0295 e. The fraction of sp³-hybridized carbons (Fsp3) is 0.688. The SMILES string of the molecule is CC(NC1CCCN(C(C)C)CC1)c1ccncc1. The molecule has 2 atom stereocenters. The van der Waals surface area contributed by atoms with Crippen molar-refractivity contribution in [1.82, 2.24) is 15.2 Å². The number of pyridine rings is 1. The molecule has 19 heavy (non-hydrogen) atoms. The highest BCUT2D eigenvalue weighted by Gasteiger charge is 2.20. The van der Waals surface area contributed by atoms with Gasteiger partial charge in [-0.15, -0.1) is 0 Å². The van der Waals surface area contributed by atoms with Gasteiger partial charge < -0.3 is 10.2 Å². The highest BCUT2D eigenvalue weighted by Crippen LogP contribution is 2.18. The van der Waals surface area contributed by atoms with E-state index in [0.717, 1.165) is 0 Å². The molecule has 0 spiro atoms. The molecule has 2 rings (SSSR count). The van der Waals surface area contributed by atoms with Gasteiger partial charge in [-0.05, 0) is 70.8 Å². The number of nitrogens with one attached hydrogen (secondary N) is 1. The number of hydrogen-bond acceptors (Lipinski definition) is 3. The van der Waals surface area contributed by atoms with Crippen molar-refractivity contribution < 1.29 is 0 Å². The monoisotopic (exact) mass is 261 g/mol. The first kappa shape index (κ1) is 14.5. The summed E-state index contributed by atoms with van der Waals surface area (Å²) in [4.78, 5) is 6.68. The molecule has 1 aromatic rings. The molecule has 106 valence electrons. The maximum atomic E-state index is 4.08. The summed E-state index contributed by atoms with van der Waals surface area (Å²) >= 11 is 0. The van der Waals surface area contributed by atoms with E-state index in [1.54, 1.807) is 0 Å². The Labute approximate surface area is 117 Å². The van der Waals surface area contributed by atoms with Crippen molar-refractivity contribution in [3.63, 3.8) is 0 Å². The van der Waals surface area contributed by atoms with Gasteiger partial charge >= 0.3 is 0 Å². The van der Waals surface area contributed by atoms with Crippen LogP contribution in [0.5, 0.6) is 0 Å². The number of nitrogens with zero attached hydrogens (tertiary/aromatic N) is 2. The van der Waals surface area contributed by atoms with Gasteiger partial charge in [0.25, 0.3) is 0 Å². The summed E-state index contributed by atoms with van der Waals surface area (Å²) in [7, 11) is 0. The van der Waals surface area contributed by atoms with Gasteiger partial charge in [0.2, 0.25) is 0 Å². The van der Waals surface area contributed by atoms with Crippen LogP contribution in [0.15, 0.2) is 24.5 Å². The Morgan fingerprint density at radius 2 is 1.89 bits per heavy atom. The molecule has 0 radical (unpaired) electrons. The van der Waals surface area contributed by atoms with Crippen LogP contribution in [0.3, 0.4) is 0 Å². The topological polar surface area (TPSA) is 28.2 Å². The van der Waals surface area contributed by atoms with E-state index < -0.39 is 0 Å². The van der Waals surface area contributed by atoms with Gasteiger partial charge in [0.15, 0.2) is 0 Å². The number of aromatic nitrogens is 1. The molecule has 1 aliphatic heterocycles. The number of rotatable bonds is 4. The number of hydrogen-bond donors (Lipinski definition) is 1. The molecule has 0 saturated carbocycles. The van der Waals surface area contributed by atoms with Gasteiger partial charge in [-0.2, -0.15) is 0 Å². The van der Waals surface area contributed by atoms with E-state index in [2.05, 4.69) is 48.1 Å². The van der Waals surface area contributed by atoms with E-state index in [1.807, 2.05) is 12.4 Å². The average Bonchev–Trinajstić information content (AvgIpc) is 2.65. The molecule has 1 saturated heterocycles. The smallest absolute Gasteiger partial charge is 0.0295 e. The quantitative estimate of drug-likeness (QED) is 0.903. The molecular weight excluding hydrogens is 234 g/mol. The van der Waals surface area contributed by atoms with Crippen molar-refractivity contribution in [3.8, 4) is 0 Å². The van der Waals surface area contributed by atoms with Crippen LogP contribution in [0.25, 0.3) is 0 Å². The normalized spacial score (nSPS) is 23.3. The van der Waals surface area contributed by atoms with E-state index >= 15 is 0 Å². The first-order valence-corrected chi connectivity index (χ1v) is 7.57. The number of likely N-dealkylation sites (tertiary alicyclic amines) is 1. The molecule has 2 unspecified atom stereocenters. The summed E-state index contributed by atoms with van der Waals surface area (Å²) in [5.74, 6) is 0. The van der Waals surface area contributed by atoms with E-state index in [9.17, 15) is 0 Å². The van der Waals surface area contributed by atoms with E-state index in [4.69, 9.17) is 0 Å². The third-order valence-electron chi connectivity index (χ3n) is 4.18. The van der Waals surface area contributed by atoms with Gasteiger partial charge in [0.1, 0.15) is 0 Å². The van der Waals surface area contributed by atoms with E-state index in [0.29, 0.717) is 18.1 Å². The van der Waals surface area contributed by atoms with Crippen LogP contribution in [0.4, 0.5) is 0 Å². The fourth-order valence-electron chi connectivity index (χ4n) is 2.90. The molecule has 1 aliphatic rings. The third-order valence-corrected chi connectivity index (χ3v) is 4.18. The first-order valence-electron chi connectivity index (χ1n) is 7.57. The largest absolute Gasteiger partial charge is 0.307 e. The highest BCUT2D eigenvalue weighted by molar-refractivity contribution is 5.14. The summed E-state index contributed by atoms with van der Waals surface area (Å²) in [6, 6.07) is 5.95. The molecule has 1 N–H and O–H groups in total. The Hall–Kier alpha value is -0.930. The van der Waals surface area contributed by atoms with Gasteiger partial charge in [0.05, 0.1) is 0 Å². The summed E-state index contributed by atoms with van der Waals surface area (Å²) < 4.78 is 0. The zero-order valence-electron chi connectivity index (χ0n) is 12.5. The zero-order valence-corrected chi connectivity index (χ0v) is 12.5. The van der Waals surface area contributed by atoms with Crippen LogP contribution in [0, 0.1) is 0 Å². The lowest BCUT2D eigenvalue weighted by atomic mass is 10.1. The van der Waals surface area contributed by atoms with Crippen molar-refractivity contribution in [1.29, 1.82) is 0 Å². The van der Waals surface area contributed by atoms with Crippen LogP contribution in [0.2, 0.25) is 0 Å². The van der Waals surface area contributed by atoms with Crippen molar-refractivity contribution >= 4 is 0 Å². The molecule has 3 nitrogen and oxygen atoms in total. The molecule has 1 aromatic heterocycles. The minimum absolute atomic E-state index is 0.415. The highest BCUT2D eigenvalue weighted by atomic mass is 15.1. The second-order valence-electron chi connectivity index (χ2n) is 5.93. The predicted molar refractivity (Wildman–Crippen MR) is 80.1 cm³/mol. The Morgan fingerprint density at radius 3 is 2.58 bits per heavy atom. The average molecular weight is 261 g/mol. The van der Waals surface area contributed by atoms with Gasteiger partial charge in [-0.25, -0.2) is 0 Å². The Morgan fingerprint density at radius 1 is 1.16 bits per heavy atom. The second-order valence-corrected chi connectivity index (χ2v) is 5.93. The molecule has 1 fully saturated rings. The van der Waals surface area contributed by atoms with Gasteiger partial charge in [-0.3, -0.25) is 4.98 Å². The second kappa shape index (κ2) is 7.01. The lowest BCUT2D eigenvalue weighted by Gasteiger charge is -2.25. The van der Waals surface area contributed by atoms with Crippen molar-refractivity contribution in [2.45, 2.75) is 58.2 Å². The summed E-state index contributed by atoms with van der Waals surface area (Å²) in [6.45, 7) is 9.32. The minimum atomic E-state index is 0.415. The van der Waals surface area contributed by atoms with Crippen LogP contribution in [-0.2, 0) is 0 Å². The standard InChI is InChI=1S/C16H27N3/c1-13(2)19-11-4-5-16(8-12-19)18-14(3)15-6-9-17-10-7-15/h6-7,9-10,13-14,16,18H,4-5,8,11-12H2,1-3H3. The Balaban J connectivity index is 1.86. The van der Waals surface area contributed by atoms with Crippen molar-refractivity contribution in [2.24, 2.45) is 0 Å². The molecule has 0 aromatic carbocycles. The van der Waals surface area contributed by atoms with Crippen LogP contribution in [-0.4, -0.2) is 35.1 Å². The Kier molecular flexibility index (Phi) is 5.34. The third kappa shape index (κ3) is 4.29. The molecule has 0 aliphatic carbocycles. The van der Waals surface area contributed by atoms with Crippen molar-refractivity contribution in [2.75, 3.05) is 13.1 Å². The lowest BCUT2D eigenvalue weighted by molar-refractivity contribution is 0.228. The van der Waals surface area contributed by atoms with Crippen LogP contribution < -0.4 is 5.32 Å². The summed E-state index contributed by atoms with van der Waals surface area (Å²) in [6.07, 6.45) is 7.60. The predicted octanol–water partition coefficient (Wildman–Crippen LogP) is 3.00. The summed E-state index contributed by atoms with van der Waals surface area (Å²) in [5, 5.41) is 3.78. The van der Waals surface area contributed by atoms with Crippen molar-refractivity contribution in [3.05, 3.63) is 30.1 Å². The van der Waals surface area contributed by atoms with Gasteiger partial charge in [0, 0.05) is 30.5 Å². The maximum absolute atomic E-state index is 4.08. The summed E-state index contributed by atoms with van der Waals surface area (Å²) in [5.41, 5.74) is 1.33. The Bertz CT molecular complexity index is 364. The van der Waals surface area contributed by atoms with Crippen LogP contribution in [0.1, 0.15) is 51.6 Å². The molecule has 2 heterocycles. The minimum Gasteiger partial charge on any atom is -0.307 e. The molecular formula is C16H27N3. The van der Waals surface area contributed by atoms with E-state index in [-0.39, 0.29) is 0 Å². The van der Waals surface area contributed by atoms with Crippen LogP contribution >= 0.6 is 0 Å². The lowest BCUT2D eigenvalue weighted by Crippen LogP contribution is -2.34. The zero-order chi connectivity index (χ0) is 13.7.